The van der Waals surface area contributed by atoms with Crippen LogP contribution in [0.5, 0.6) is 5.75 Å². The molecule has 2 heterocycles. The van der Waals surface area contributed by atoms with E-state index in [1.807, 2.05) is 0 Å². The van der Waals surface area contributed by atoms with E-state index in [1.54, 1.807) is 25.1 Å². The number of aryl methyl sites for hydroxylation is 1. The summed E-state index contributed by atoms with van der Waals surface area (Å²) in [5, 5.41) is 16.4. The van der Waals surface area contributed by atoms with Crippen molar-refractivity contribution in [3.8, 4) is 45.1 Å². The number of methoxy groups -OCH3 is 1. The fourth-order valence-electron chi connectivity index (χ4n) is 4.66. The second-order valence-electron chi connectivity index (χ2n) is 9.84. The molecule has 240 valence electrons. The summed E-state index contributed by atoms with van der Waals surface area (Å²) in [6.07, 6.45) is -3.23. The number of oxazole rings is 1. The van der Waals surface area contributed by atoms with Crippen LogP contribution in [0.25, 0.3) is 39.4 Å². The molecule has 46 heavy (non-hydrogen) atoms. The summed E-state index contributed by atoms with van der Waals surface area (Å²) in [7, 11) is -2.76. The molecular weight excluding hydrogens is 636 g/mol. The van der Waals surface area contributed by atoms with E-state index in [2.05, 4.69) is 24.9 Å². The molecule has 1 amide bonds. The molecule has 0 saturated carbocycles. The van der Waals surface area contributed by atoms with Crippen LogP contribution < -0.4 is 10.1 Å². The van der Waals surface area contributed by atoms with E-state index in [-0.39, 0.29) is 34.3 Å². The molecule has 0 fully saturated rings. The number of nitrogens with one attached hydrogen (secondary N) is 1. The number of hydrogen-bond acceptors (Lipinski definition) is 9. The number of halogens is 4. The van der Waals surface area contributed by atoms with Crippen LogP contribution in [0.3, 0.4) is 0 Å². The van der Waals surface area contributed by atoms with Gasteiger partial charge in [-0.15, -0.1) is 18.3 Å². The summed E-state index contributed by atoms with van der Waals surface area (Å²) in [5.41, 5.74) is 1.38. The van der Waals surface area contributed by atoms with Crippen LogP contribution >= 0.6 is 0 Å². The molecule has 0 bridgehead atoms. The Balaban J connectivity index is 1.70. The molecule has 3 aromatic carbocycles. The maximum absolute atomic E-state index is 15.1. The number of amides is 1. The first-order valence-electron chi connectivity index (χ1n) is 13.2. The van der Waals surface area contributed by atoms with Gasteiger partial charge in [0, 0.05) is 42.1 Å². The Bertz CT molecular complexity index is 2040. The molecule has 0 saturated heterocycles. The van der Waals surface area contributed by atoms with E-state index in [1.165, 1.54) is 42.3 Å². The van der Waals surface area contributed by atoms with Gasteiger partial charge in [0.05, 0.1) is 24.3 Å². The molecule has 5 rings (SSSR count). The van der Waals surface area contributed by atoms with E-state index >= 15 is 4.39 Å². The molecule has 16 heteroatoms. The predicted molar refractivity (Wildman–Crippen MR) is 156 cm³/mol. The van der Waals surface area contributed by atoms with E-state index < -0.39 is 45.4 Å². The predicted octanol–water partition coefficient (Wildman–Crippen LogP) is 6.28. The number of ether oxygens (including phenoxy) is 2. The Morgan fingerprint density at radius 1 is 1.04 bits per heavy atom. The number of carbonyl (C=O) groups excluding carboxylic acids is 1. The molecule has 11 nitrogen and oxygen atoms in total. The summed E-state index contributed by atoms with van der Waals surface area (Å²) in [5.74, 6) is -0.904. The third-order valence-corrected chi connectivity index (χ3v) is 7.80. The molecule has 0 atom stereocenters. The minimum atomic E-state index is -4.89. The smallest absolute Gasteiger partial charge is 0.453 e. The molecule has 0 unspecified atom stereocenters. The van der Waals surface area contributed by atoms with Gasteiger partial charge in [-0.05, 0) is 59.7 Å². The molecule has 0 aliphatic rings. The summed E-state index contributed by atoms with van der Waals surface area (Å²) in [6, 6.07) is 13.5. The third-order valence-electron chi connectivity index (χ3n) is 6.63. The molecule has 0 spiro atoms. The van der Waals surface area contributed by atoms with Gasteiger partial charge in [-0.1, -0.05) is 6.07 Å². The number of rotatable bonds is 8. The minimum Gasteiger partial charge on any atom is -0.453 e. The normalized spacial score (nSPS) is 11.8. The van der Waals surface area contributed by atoms with Crippen molar-refractivity contribution in [1.82, 2.24) is 14.8 Å². The van der Waals surface area contributed by atoms with Crippen molar-refractivity contribution in [2.24, 2.45) is 0 Å². The highest BCUT2D eigenvalue weighted by atomic mass is 32.2. The molecule has 5 aromatic rings. The van der Waals surface area contributed by atoms with Gasteiger partial charge in [-0.3, -0.25) is 5.32 Å². The Morgan fingerprint density at radius 2 is 1.74 bits per heavy atom. The van der Waals surface area contributed by atoms with Crippen LogP contribution in [0.4, 0.5) is 28.2 Å². The maximum atomic E-state index is 15.1. The Kier molecular flexibility index (Phi) is 8.60. The topological polar surface area (TPSA) is 146 Å². The average molecular weight is 661 g/mol. The van der Waals surface area contributed by atoms with E-state index in [0.717, 1.165) is 24.5 Å². The molecule has 2 N–H and O–H groups in total. The summed E-state index contributed by atoms with van der Waals surface area (Å²) < 4.78 is 94.1. The Morgan fingerprint density at radius 3 is 2.37 bits per heavy atom. The van der Waals surface area contributed by atoms with Crippen LogP contribution in [0.2, 0.25) is 0 Å². The van der Waals surface area contributed by atoms with Crippen molar-refractivity contribution in [2.45, 2.75) is 24.8 Å². The first-order chi connectivity index (χ1) is 21.7. The second-order valence-corrected chi connectivity index (χ2v) is 11.8. The van der Waals surface area contributed by atoms with Crippen molar-refractivity contribution in [3.05, 3.63) is 84.1 Å². The highest BCUT2D eigenvalue weighted by molar-refractivity contribution is 7.90. The minimum absolute atomic E-state index is 0.135. The Hall–Kier alpha value is -5.22. The van der Waals surface area contributed by atoms with E-state index in [0.29, 0.717) is 22.4 Å². The van der Waals surface area contributed by atoms with Gasteiger partial charge in [0.15, 0.2) is 27.3 Å². The third kappa shape index (κ3) is 6.87. The van der Waals surface area contributed by atoms with Gasteiger partial charge in [-0.2, -0.15) is 0 Å². The molecule has 0 radical (unpaired) electrons. The van der Waals surface area contributed by atoms with Crippen LogP contribution in [-0.2, 0) is 21.2 Å². The number of alkyl halides is 3. The first kappa shape index (κ1) is 32.2. The molecule has 0 aliphatic carbocycles. The first-order valence-corrected chi connectivity index (χ1v) is 15.1. The molecule has 2 aromatic heterocycles. The Labute approximate surface area is 258 Å². The zero-order chi connectivity index (χ0) is 33.4. The lowest BCUT2D eigenvalue weighted by Crippen LogP contribution is -2.16. The van der Waals surface area contributed by atoms with Crippen LogP contribution in [0.15, 0.2) is 76.2 Å². The molecule has 0 aliphatic heterocycles. The van der Waals surface area contributed by atoms with Gasteiger partial charge < -0.3 is 19.0 Å². The van der Waals surface area contributed by atoms with Crippen LogP contribution in [-0.4, -0.2) is 54.1 Å². The lowest BCUT2D eigenvalue weighted by atomic mass is 9.97. The lowest BCUT2D eigenvalue weighted by molar-refractivity contribution is -0.274. The second kappa shape index (κ2) is 12.3. The lowest BCUT2D eigenvalue weighted by Gasteiger charge is -2.14. The number of carbonyl (C=O) groups is 1. The van der Waals surface area contributed by atoms with Crippen molar-refractivity contribution in [1.29, 1.82) is 0 Å². The zero-order valence-electron chi connectivity index (χ0n) is 24.2. The number of aliphatic hydroxyl groups excluding tert-OH is 1. The fourth-order valence-corrected chi connectivity index (χ4v) is 5.61. The number of nitrogens with zero attached hydrogens (tertiary/aromatic N) is 3. The van der Waals surface area contributed by atoms with Crippen molar-refractivity contribution >= 4 is 21.7 Å². The monoisotopic (exact) mass is 660 g/mol. The number of sulfone groups is 1. The highest BCUT2D eigenvalue weighted by Gasteiger charge is 2.31. The quantitative estimate of drug-likeness (QED) is 0.184. The van der Waals surface area contributed by atoms with Crippen LogP contribution in [0, 0.1) is 12.7 Å². The fraction of sp³-hybridized carbons (Fsp3) is 0.167. The van der Waals surface area contributed by atoms with Gasteiger partial charge in [0.2, 0.25) is 0 Å². The van der Waals surface area contributed by atoms with E-state index in [4.69, 9.17) is 4.42 Å². The van der Waals surface area contributed by atoms with Gasteiger partial charge in [-0.25, -0.2) is 27.3 Å². The van der Waals surface area contributed by atoms with Crippen molar-refractivity contribution < 1.29 is 49.8 Å². The van der Waals surface area contributed by atoms with Crippen molar-refractivity contribution in [3.63, 3.8) is 0 Å². The number of anilines is 1. The number of benzene rings is 3. The van der Waals surface area contributed by atoms with Gasteiger partial charge in [0.1, 0.15) is 17.3 Å². The summed E-state index contributed by atoms with van der Waals surface area (Å²) >= 11 is 0. The van der Waals surface area contributed by atoms with Crippen molar-refractivity contribution in [2.75, 3.05) is 18.7 Å². The van der Waals surface area contributed by atoms with Crippen LogP contribution in [0.1, 0.15) is 11.5 Å². The largest absolute Gasteiger partial charge is 0.573 e. The standard InChI is InChI=1S/C30H24F4N4O7S/c1-16-35-27(17-4-7-20(8-5-17)45-30(32,33)34)28(44-16)21-12-18(19-13-23(31)22(15-39)25(14-19)46(3,41)42)6-9-24(21)38-11-10-26(37-38)36-29(40)43-2/h4-14,39H,15H2,1-3H3,(H,36,37,40). The summed E-state index contributed by atoms with van der Waals surface area (Å²) in [4.78, 5) is 15.8. The number of aliphatic hydroxyl groups is 1. The summed E-state index contributed by atoms with van der Waals surface area (Å²) in [6.45, 7) is 0.721. The average Bonchev–Trinajstić information content (AvgIpc) is 3.61. The van der Waals surface area contributed by atoms with Gasteiger partial charge in [0.25, 0.3) is 0 Å². The zero-order valence-corrected chi connectivity index (χ0v) is 25.0. The number of aromatic nitrogens is 3. The highest BCUT2D eigenvalue weighted by Crippen LogP contribution is 2.40. The SMILES string of the molecule is COC(=O)Nc1ccn(-c2ccc(-c3cc(F)c(CO)c(S(C)(=O)=O)c3)cc2-c2oc(C)nc2-c2ccc(OC(F)(F)F)cc2)n1. The number of hydrogen-bond donors (Lipinski definition) is 2. The van der Waals surface area contributed by atoms with E-state index in [9.17, 15) is 31.5 Å². The maximum Gasteiger partial charge on any atom is 0.573 e. The van der Waals surface area contributed by atoms with Gasteiger partial charge >= 0.3 is 12.5 Å². The molecular formula is C30H24F4N4O7S.